The van der Waals surface area contributed by atoms with Crippen molar-refractivity contribution in [1.29, 1.82) is 0 Å². The van der Waals surface area contributed by atoms with Gasteiger partial charge in [0.05, 0.1) is 5.60 Å². The maximum absolute atomic E-state index is 13.7. The molecule has 0 spiro atoms. The summed E-state index contributed by atoms with van der Waals surface area (Å²) < 4.78 is 59.2. The van der Waals surface area contributed by atoms with Gasteiger partial charge in [-0.15, -0.1) is 0 Å². The Labute approximate surface area is 133 Å². The number of nitrogens with zero attached hydrogens (tertiary/aromatic N) is 1. The molecule has 0 N–H and O–H groups in total. The van der Waals surface area contributed by atoms with Gasteiger partial charge in [0, 0.05) is 10.9 Å². The molecule has 1 rings (SSSR count). The first-order valence-corrected chi connectivity index (χ1v) is 6.97. The van der Waals surface area contributed by atoms with Gasteiger partial charge in [-0.2, -0.15) is 25.8 Å². The van der Waals surface area contributed by atoms with E-state index in [-0.39, 0.29) is 7.48 Å². The molecule has 3 nitrogen and oxygen atoms in total. The Hall–Kier alpha value is -0.955. The zero-order valence-corrected chi connectivity index (χ0v) is 13.7. The Kier molecular flexibility index (Phi) is 5.78. The van der Waals surface area contributed by atoms with Crippen LogP contribution in [0.5, 0.6) is 5.88 Å². The smallest absolute Gasteiger partial charge is 0.422 e. The minimum absolute atomic E-state index is 0.0560. The summed E-state index contributed by atoms with van der Waals surface area (Å²) in [4.78, 5) is 3.55. The normalized spacial score (nSPS) is 13.1. The number of rotatable bonds is 6. The molecule has 0 aliphatic rings. The largest absolute Gasteiger partial charge is 0.466 e. The summed E-state index contributed by atoms with van der Waals surface area (Å²) >= 11 is 4.43. The summed E-state index contributed by atoms with van der Waals surface area (Å²) in [6.45, 7) is 5.84. The summed E-state index contributed by atoms with van der Waals surface area (Å²) in [7, 11) is 0.0560. The number of pyridine rings is 1. The van der Waals surface area contributed by atoms with Crippen molar-refractivity contribution in [3.63, 3.8) is 0 Å². The Morgan fingerprint density at radius 3 is 2.27 bits per heavy atom. The van der Waals surface area contributed by atoms with Crippen LogP contribution in [0.3, 0.4) is 0 Å². The van der Waals surface area contributed by atoms with Gasteiger partial charge in [-0.05, 0) is 39.2 Å². The molecule has 0 aliphatic heterocycles. The molecule has 9 heteroatoms. The van der Waals surface area contributed by atoms with E-state index in [0.29, 0.717) is 5.46 Å². The van der Waals surface area contributed by atoms with Gasteiger partial charge in [-0.3, -0.25) is 0 Å². The predicted molar refractivity (Wildman–Crippen MR) is 80.8 cm³/mol. The van der Waals surface area contributed by atoms with Crippen molar-refractivity contribution < 1.29 is 27.0 Å². The first kappa shape index (κ1) is 19.1. The van der Waals surface area contributed by atoms with Gasteiger partial charge >= 0.3 is 13.7 Å². The van der Waals surface area contributed by atoms with Crippen molar-refractivity contribution in [2.45, 2.75) is 44.2 Å². The number of ether oxygens (including phenoxy) is 1. The first-order valence-electron chi connectivity index (χ1n) is 6.52. The fourth-order valence-corrected chi connectivity index (χ4v) is 1.31. The second-order valence-electron chi connectivity index (χ2n) is 5.89. The van der Waals surface area contributed by atoms with Crippen molar-refractivity contribution in [3.05, 3.63) is 18.1 Å². The molecule has 1 heterocycles. The molecule has 0 saturated heterocycles. The Balaban J connectivity index is 2.70. The fourth-order valence-electron chi connectivity index (χ4n) is 1.24. The second-order valence-corrected chi connectivity index (χ2v) is 7.01. The lowest BCUT2D eigenvalue weighted by molar-refractivity contribution is -0.154. The highest BCUT2D eigenvalue weighted by Crippen LogP contribution is 2.30. The summed E-state index contributed by atoms with van der Waals surface area (Å²) in [6, 6.07) is 1.04. The highest BCUT2D eigenvalue weighted by molar-refractivity contribution is 7.81. The van der Waals surface area contributed by atoms with Crippen LogP contribution in [0.15, 0.2) is 12.3 Å². The van der Waals surface area contributed by atoms with E-state index in [4.69, 9.17) is 4.65 Å². The first-order chi connectivity index (χ1) is 9.82. The minimum atomic E-state index is -4.54. The third kappa shape index (κ3) is 5.68. The zero-order chi connectivity index (χ0) is 17.2. The van der Waals surface area contributed by atoms with Crippen LogP contribution in [0.25, 0.3) is 0 Å². The van der Waals surface area contributed by atoms with Crippen molar-refractivity contribution in [3.8, 4) is 5.88 Å². The number of aromatic nitrogens is 1. The molecule has 0 aliphatic carbocycles. The van der Waals surface area contributed by atoms with E-state index in [1.54, 1.807) is 0 Å². The predicted octanol–water partition coefficient (Wildman–Crippen LogP) is 2.64. The third-order valence-electron chi connectivity index (χ3n) is 3.31. The molecule has 0 amide bonds. The van der Waals surface area contributed by atoms with Gasteiger partial charge in [0.2, 0.25) is 0 Å². The summed E-state index contributed by atoms with van der Waals surface area (Å²) in [6.07, 6.45) is -3.32. The molecular formula is C13H18BF4NO2S. The van der Waals surface area contributed by atoms with Crippen LogP contribution in [0, 0.1) is 5.82 Å². The molecule has 0 unspecified atom stereocenters. The van der Waals surface area contributed by atoms with Crippen molar-refractivity contribution >= 4 is 25.6 Å². The number of hydrogen-bond acceptors (Lipinski definition) is 4. The number of thiol groups is 1. The van der Waals surface area contributed by atoms with Crippen LogP contribution in [0.4, 0.5) is 17.6 Å². The average Bonchev–Trinajstić information content (AvgIpc) is 2.32. The van der Waals surface area contributed by atoms with Crippen molar-refractivity contribution in [2.75, 3.05) is 6.61 Å². The summed E-state index contributed by atoms with van der Waals surface area (Å²) in [5.74, 6) is -1.65. The third-order valence-corrected chi connectivity index (χ3v) is 3.85. The quantitative estimate of drug-likeness (QED) is 0.491. The van der Waals surface area contributed by atoms with Gasteiger partial charge in [-0.1, -0.05) is 0 Å². The molecule has 0 bridgehead atoms. The topological polar surface area (TPSA) is 31.4 Å². The molecular weight excluding hydrogens is 321 g/mol. The fraction of sp³-hybridized carbons (Fsp3) is 0.615. The van der Waals surface area contributed by atoms with Gasteiger partial charge in [-0.25, -0.2) is 9.37 Å². The molecule has 0 aromatic carbocycles. The molecule has 0 saturated carbocycles. The summed E-state index contributed by atoms with van der Waals surface area (Å²) in [5, 5.41) is 0. The molecule has 0 radical (unpaired) electrons. The maximum atomic E-state index is 13.7. The molecule has 1 aromatic heterocycles. The van der Waals surface area contributed by atoms with E-state index in [0.717, 1.165) is 6.07 Å². The SMILES string of the molecule is CC(C)(S)C(C)(C)OBc1cnc(OCC(F)(F)F)c(F)c1. The highest BCUT2D eigenvalue weighted by atomic mass is 32.1. The van der Waals surface area contributed by atoms with Crippen molar-refractivity contribution in [1.82, 2.24) is 4.98 Å². The van der Waals surface area contributed by atoms with E-state index in [9.17, 15) is 17.6 Å². The molecule has 124 valence electrons. The minimum Gasteiger partial charge on any atom is -0.466 e. The van der Waals surface area contributed by atoms with Gasteiger partial charge < -0.3 is 9.39 Å². The zero-order valence-electron chi connectivity index (χ0n) is 12.8. The van der Waals surface area contributed by atoms with Gasteiger partial charge in [0.1, 0.15) is 0 Å². The van der Waals surface area contributed by atoms with Gasteiger partial charge in [0.25, 0.3) is 5.88 Å². The van der Waals surface area contributed by atoms with Crippen LogP contribution >= 0.6 is 12.6 Å². The average molecular weight is 339 g/mol. The Morgan fingerprint density at radius 1 is 1.23 bits per heavy atom. The molecule has 22 heavy (non-hydrogen) atoms. The maximum Gasteiger partial charge on any atom is 0.422 e. The van der Waals surface area contributed by atoms with Crippen LogP contribution in [0.1, 0.15) is 27.7 Å². The standard InChI is InChI=1S/C13H18BF4NO2S/c1-11(2,12(3,4)22)21-14-8-5-9(15)10(19-6-8)20-7-13(16,17)18/h5-6,14,22H,7H2,1-4H3. The van der Waals surface area contributed by atoms with E-state index in [1.807, 2.05) is 27.7 Å². The number of hydrogen-bond donors (Lipinski definition) is 1. The molecule has 1 aromatic rings. The van der Waals surface area contributed by atoms with Crippen molar-refractivity contribution in [2.24, 2.45) is 0 Å². The van der Waals surface area contributed by atoms with E-state index in [2.05, 4.69) is 22.3 Å². The lowest BCUT2D eigenvalue weighted by Gasteiger charge is -2.38. The van der Waals surface area contributed by atoms with Gasteiger partial charge in [0.15, 0.2) is 12.4 Å². The molecule has 0 atom stereocenters. The number of halogens is 4. The highest BCUT2D eigenvalue weighted by Gasteiger charge is 2.34. The summed E-state index contributed by atoms with van der Waals surface area (Å²) in [5.41, 5.74) is -0.208. The Bertz CT molecular complexity index is 518. The lowest BCUT2D eigenvalue weighted by Crippen LogP contribution is -2.45. The van der Waals surface area contributed by atoms with E-state index < -0.39 is 34.8 Å². The van der Waals surface area contributed by atoms with Crippen LogP contribution in [-0.4, -0.2) is 35.6 Å². The van der Waals surface area contributed by atoms with Crippen LogP contribution < -0.4 is 10.2 Å². The van der Waals surface area contributed by atoms with E-state index >= 15 is 0 Å². The van der Waals surface area contributed by atoms with Crippen LogP contribution in [0.2, 0.25) is 0 Å². The molecule has 0 fully saturated rings. The second kappa shape index (κ2) is 6.66. The lowest BCUT2D eigenvalue weighted by atomic mass is 9.85. The van der Waals surface area contributed by atoms with Crippen LogP contribution in [-0.2, 0) is 4.65 Å². The Morgan fingerprint density at radius 2 is 1.82 bits per heavy atom. The number of alkyl halides is 3. The van der Waals surface area contributed by atoms with E-state index in [1.165, 1.54) is 6.20 Å². The monoisotopic (exact) mass is 339 g/mol.